The Morgan fingerprint density at radius 1 is 0.950 bits per heavy atom. The summed E-state index contributed by atoms with van der Waals surface area (Å²) in [4.78, 5) is 32.7. The van der Waals surface area contributed by atoms with Crippen LogP contribution in [0.5, 0.6) is 11.5 Å². The highest BCUT2D eigenvalue weighted by atomic mass is 33.1. The van der Waals surface area contributed by atoms with Gasteiger partial charge in [0.05, 0.1) is 18.1 Å². The van der Waals surface area contributed by atoms with Gasteiger partial charge >= 0.3 is 5.97 Å². The van der Waals surface area contributed by atoms with Crippen LogP contribution < -0.4 is 15.8 Å². The first-order valence-corrected chi connectivity index (χ1v) is 24.6. The maximum atomic E-state index is 14.0. The van der Waals surface area contributed by atoms with Crippen molar-refractivity contribution in [3.05, 3.63) is 95.1 Å². The molecule has 3 aromatic rings. The third-order valence-electron chi connectivity index (χ3n) is 12.3. The van der Waals surface area contributed by atoms with E-state index in [0.717, 1.165) is 81.9 Å². The van der Waals surface area contributed by atoms with E-state index >= 15 is 0 Å². The molecule has 1 saturated carbocycles. The lowest BCUT2D eigenvalue weighted by Gasteiger charge is -2.30. The maximum absolute atomic E-state index is 14.0. The number of hydrogen-bond acceptors (Lipinski definition) is 11. The second-order valence-electron chi connectivity index (χ2n) is 17.3. The molecule has 1 saturated heterocycles. The molecule has 0 radical (unpaired) electrons. The van der Waals surface area contributed by atoms with Crippen LogP contribution in [0.2, 0.25) is 0 Å². The van der Waals surface area contributed by atoms with Gasteiger partial charge in [-0.15, -0.1) is 0 Å². The Kier molecular flexibility index (Phi) is 17.8. The fourth-order valence-corrected chi connectivity index (χ4v) is 11.3. The van der Waals surface area contributed by atoms with Crippen LogP contribution in [-0.2, 0) is 40.1 Å². The van der Waals surface area contributed by atoms with Gasteiger partial charge in [-0.1, -0.05) is 101 Å². The number of nitrogens with one attached hydrogen (secondary N) is 1. The Morgan fingerprint density at radius 2 is 1.67 bits per heavy atom. The van der Waals surface area contributed by atoms with Gasteiger partial charge in [0.2, 0.25) is 5.91 Å². The topological polar surface area (TPSA) is 147 Å². The van der Waals surface area contributed by atoms with Crippen molar-refractivity contribution in [2.45, 2.75) is 135 Å². The average Bonchev–Trinajstić information content (AvgIpc) is 3.85. The highest BCUT2D eigenvalue weighted by Gasteiger charge is 2.43. The van der Waals surface area contributed by atoms with Crippen molar-refractivity contribution >= 4 is 39.4 Å². The van der Waals surface area contributed by atoms with Crippen LogP contribution in [0, 0.1) is 11.3 Å². The zero-order valence-electron chi connectivity index (χ0n) is 35.4. The van der Waals surface area contributed by atoms with Crippen molar-refractivity contribution in [2.24, 2.45) is 22.1 Å². The van der Waals surface area contributed by atoms with E-state index in [9.17, 15) is 19.8 Å². The fraction of sp³-hybridized carbons (Fsp3) is 0.562. The van der Waals surface area contributed by atoms with Crippen LogP contribution in [0.3, 0.4) is 0 Å². The van der Waals surface area contributed by atoms with Gasteiger partial charge in [0, 0.05) is 56.1 Å². The Morgan fingerprint density at radius 3 is 2.42 bits per heavy atom. The Hall–Kier alpha value is -3.87. The number of guanidine groups is 1. The number of carbonyl (C=O) groups excluding carboxylic acids is 2. The van der Waals surface area contributed by atoms with Crippen LogP contribution >= 0.6 is 21.6 Å². The van der Waals surface area contributed by atoms with E-state index in [1.165, 1.54) is 18.1 Å². The number of carbonyl (C=O) groups is 2. The molecule has 10 nitrogen and oxygen atoms in total. The second-order valence-corrected chi connectivity index (χ2v) is 19.8. The van der Waals surface area contributed by atoms with Gasteiger partial charge in [-0.2, -0.15) is 0 Å². The van der Waals surface area contributed by atoms with Crippen LogP contribution in [-0.4, -0.2) is 76.0 Å². The van der Waals surface area contributed by atoms with Crippen LogP contribution in [0.4, 0.5) is 0 Å². The number of aromatic hydroxyl groups is 1. The largest absolute Gasteiger partial charge is 0.504 e. The lowest BCUT2D eigenvalue weighted by atomic mass is 9.77. The van der Waals surface area contributed by atoms with Crippen molar-refractivity contribution in [1.82, 2.24) is 10.2 Å². The first-order valence-electron chi connectivity index (χ1n) is 22.1. The molecule has 60 heavy (non-hydrogen) atoms. The first kappa shape index (κ1) is 45.7. The number of nitrogens with zero attached hydrogens (tertiary/aromatic N) is 2. The van der Waals surface area contributed by atoms with E-state index in [0.29, 0.717) is 74.3 Å². The van der Waals surface area contributed by atoms with E-state index in [2.05, 4.69) is 52.8 Å². The molecule has 0 aromatic heterocycles. The molecule has 4 bridgehead atoms. The minimum absolute atomic E-state index is 0.0314. The number of aliphatic hydroxyl groups is 1. The van der Waals surface area contributed by atoms with E-state index in [1.54, 1.807) is 10.8 Å². The van der Waals surface area contributed by atoms with Crippen molar-refractivity contribution in [2.75, 3.05) is 24.7 Å². The molecule has 1 aliphatic carbocycles. The standard InChI is InChI=1S/C48H66N4O6S2/c1-35(53)57-43-23-22-39-26-40(46(56)44(27-39)58-42-18-10-11-19-42)31-52-33-48(30-45(52)55,29-37-14-6-3-7-15-37)24-25-50-47(49)51-34-60-59-32-38(16-8-9-17-41(54)28-43)21-20-36-12-4-2-5-13-36/h2-7,12-15,26-27,38,41-43,54,56H,8-11,16-25,28-34H2,1H3,(H3,49,50,51)/t38-,41+,43+,48+/m1/s1. The molecule has 5 N–H and O–H groups in total. The summed E-state index contributed by atoms with van der Waals surface area (Å²) in [6, 6.07) is 24.8. The number of rotatable bonds is 8. The number of esters is 1. The van der Waals surface area contributed by atoms with Gasteiger partial charge in [0.25, 0.3) is 0 Å². The molecule has 2 fully saturated rings. The molecule has 2 aliphatic heterocycles. The summed E-state index contributed by atoms with van der Waals surface area (Å²) < 4.78 is 12.2. The van der Waals surface area contributed by atoms with Gasteiger partial charge in [0.15, 0.2) is 17.5 Å². The molecule has 12 heteroatoms. The van der Waals surface area contributed by atoms with Crippen molar-refractivity contribution < 1.29 is 29.3 Å². The number of nitrogens with two attached hydrogens (primary N) is 1. The fourth-order valence-electron chi connectivity index (χ4n) is 9.14. The molecule has 2 heterocycles. The van der Waals surface area contributed by atoms with E-state index in [4.69, 9.17) is 15.2 Å². The zero-order valence-corrected chi connectivity index (χ0v) is 37.0. The molecular weight excluding hydrogens is 793 g/mol. The van der Waals surface area contributed by atoms with Crippen LogP contribution in [0.1, 0.15) is 113 Å². The number of phenols is 1. The summed E-state index contributed by atoms with van der Waals surface area (Å²) in [5.74, 6) is 2.68. The zero-order chi connectivity index (χ0) is 42.2. The van der Waals surface area contributed by atoms with E-state index in [-0.39, 0.29) is 35.7 Å². The quantitative estimate of drug-likeness (QED) is 0.128. The lowest BCUT2D eigenvalue weighted by Crippen LogP contribution is -2.37. The Balaban J connectivity index is 1.22. The lowest BCUT2D eigenvalue weighted by molar-refractivity contribution is -0.148. The molecule has 1 amide bonds. The number of aryl methyl sites for hydroxylation is 2. The summed E-state index contributed by atoms with van der Waals surface area (Å²) in [6.07, 6.45) is 12.1. The monoisotopic (exact) mass is 858 g/mol. The smallest absolute Gasteiger partial charge is 0.302 e. The minimum Gasteiger partial charge on any atom is -0.504 e. The Bertz CT molecular complexity index is 1830. The molecular formula is C48H66N4O6S2. The summed E-state index contributed by atoms with van der Waals surface area (Å²) >= 11 is 0. The Labute approximate surface area is 365 Å². The van der Waals surface area contributed by atoms with Crippen molar-refractivity contribution in [3.8, 4) is 11.5 Å². The molecule has 0 unspecified atom stereocenters. The molecule has 6 rings (SSSR count). The van der Waals surface area contributed by atoms with Gasteiger partial charge in [-0.3, -0.25) is 9.59 Å². The molecule has 0 spiro atoms. The van der Waals surface area contributed by atoms with Gasteiger partial charge in [-0.05, 0) is 106 Å². The van der Waals surface area contributed by atoms with Gasteiger partial charge < -0.3 is 35.6 Å². The predicted molar refractivity (Wildman–Crippen MR) is 244 cm³/mol. The number of benzene rings is 3. The summed E-state index contributed by atoms with van der Waals surface area (Å²) in [5.41, 5.74) is 10.1. The van der Waals surface area contributed by atoms with Crippen LogP contribution in [0.25, 0.3) is 0 Å². The SMILES string of the molecule is CC(=O)O[C@H]1CCc2cc(c(O)c(OC3CCCC3)c2)CN2C[C@](Cc3ccccc3)(CCNC(N)=NCSSC[C@@H](CCc3ccccc3)CCCC[C@H](O)C1)CC2=O. The number of phenolic OH excluding ortho intramolecular Hbond substituents is 1. The summed E-state index contributed by atoms with van der Waals surface area (Å²) in [5, 5.41) is 26.2. The number of ether oxygens (including phenoxy) is 2. The molecule has 3 aromatic carbocycles. The maximum Gasteiger partial charge on any atom is 0.302 e. The van der Waals surface area contributed by atoms with Crippen LogP contribution in [0.15, 0.2) is 77.8 Å². The van der Waals surface area contributed by atoms with E-state index < -0.39 is 12.2 Å². The molecule has 3 aliphatic rings. The molecule has 4 atom stereocenters. The molecule has 326 valence electrons. The average molecular weight is 859 g/mol. The van der Waals surface area contributed by atoms with Crippen molar-refractivity contribution in [3.63, 3.8) is 0 Å². The number of aliphatic hydroxyl groups excluding tert-OH is 1. The van der Waals surface area contributed by atoms with Crippen molar-refractivity contribution in [1.29, 1.82) is 0 Å². The summed E-state index contributed by atoms with van der Waals surface area (Å²) in [7, 11) is 3.55. The van der Waals surface area contributed by atoms with Gasteiger partial charge in [0.1, 0.15) is 6.10 Å². The third-order valence-corrected chi connectivity index (χ3v) is 14.6. The van der Waals surface area contributed by atoms with E-state index in [1.807, 2.05) is 46.0 Å². The number of hydrogen-bond donors (Lipinski definition) is 4. The number of aliphatic imine (C=N–C) groups is 1. The highest BCUT2D eigenvalue weighted by molar-refractivity contribution is 8.76. The normalized spacial score (nSPS) is 24.6. The van der Waals surface area contributed by atoms with Gasteiger partial charge in [-0.25, -0.2) is 4.99 Å². The number of amides is 1. The second kappa shape index (κ2) is 23.4. The highest BCUT2D eigenvalue weighted by Crippen LogP contribution is 2.42. The summed E-state index contributed by atoms with van der Waals surface area (Å²) in [6.45, 7) is 2.79. The first-order chi connectivity index (χ1) is 29.1. The minimum atomic E-state index is -0.591. The third kappa shape index (κ3) is 14.6. The number of fused-ring (bicyclic) bond motifs is 4. The predicted octanol–water partition coefficient (Wildman–Crippen LogP) is 8.75.